The van der Waals surface area contributed by atoms with E-state index in [1.165, 1.54) is 30.3 Å². The molecule has 1 aliphatic rings. The van der Waals surface area contributed by atoms with Crippen molar-refractivity contribution in [3.05, 3.63) is 59.9 Å². The summed E-state index contributed by atoms with van der Waals surface area (Å²) < 4.78 is 69.0. The second-order valence-electron chi connectivity index (χ2n) is 7.70. The predicted molar refractivity (Wildman–Crippen MR) is 113 cm³/mol. The molecule has 0 aliphatic heterocycles. The average molecular weight is 455 g/mol. The Morgan fingerprint density at radius 3 is 2.13 bits per heavy atom. The largest absolute Gasteiger partial charge is 0.240 e. The molecule has 1 aliphatic carbocycles. The lowest BCUT2D eigenvalue weighted by Crippen LogP contribution is -2.40. The van der Waals surface area contributed by atoms with Crippen LogP contribution in [-0.4, -0.2) is 29.4 Å². The molecule has 0 radical (unpaired) electrons. The van der Waals surface area contributed by atoms with Gasteiger partial charge in [-0.3, -0.25) is 0 Å². The summed E-state index contributed by atoms with van der Waals surface area (Å²) in [6.07, 6.45) is 4.10. The number of hydrogen-bond donors (Lipinski definition) is 2. The van der Waals surface area contributed by atoms with Crippen LogP contribution in [0.1, 0.15) is 38.2 Å². The third-order valence-electron chi connectivity index (χ3n) is 5.51. The molecule has 9 heteroatoms. The van der Waals surface area contributed by atoms with Crippen molar-refractivity contribution in [2.75, 3.05) is 6.54 Å². The normalized spacial score (nSPS) is 20.2. The van der Waals surface area contributed by atoms with Gasteiger partial charge in [0.15, 0.2) is 0 Å². The Bertz CT molecular complexity index is 1070. The lowest BCUT2D eigenvalue weighted by Gasteiger charge is -2.29. The van der Waals surface area contributed by atoms with Gasteiger partial charge in [0.1, 0.15) is 5.82 Å². The highest BCUT2D eigenvalue weighted by atomic mass is 32.2. The molecule has 164 valence electrons. The predicted octanol–water partition coefficient (Wildman–Crippen LogP) is 3.20. The summed E-state index contributed by atoms with van der Waals surface area (Å²) in [5.74, 6) is -0.113. The van der Waals surface area contributed by atoms with Gasteiger partial charge in [-0.1, -0.05) is 38.0 Å². The standard InChI is InChI=1S/C21H27FN2O4S2/c1-16-6-2-5-9-21(16)24-30(27,28)19-12-10-18(11-13-19)29(25,26)23-15-14-17-7-3-4-8-20(17)22/h3-4,7-8,10-13,16,21,23-24H,2,5-6,9,14-15H2,1H3. The molecule has 2 unspecified atom stereocenters. The van der Waals surface area contributed by atoms with Gasteiger partial charge in [-0.05, 0) is 61.1 Å². The zero-order valence-electron chi connectivity index (χ0n) is 16.8. The molecule has 30 heavy (non-hydrogen) atoms. The van der Waals surface area contributed by atoms with E-state index in [-0.39, 0.29) is 40.5 Å². The van der Waals surface area contributed by atoms with Crippen LogP contribution in [0.15, 0.2) is 58.3 Å². The fourth-order valence-electron chi connectivity index (χ4n) is 3.66. The zero-order chi connectivity index (χ0) is 21.8. The summed E-state index contributed by atoms with van der Waals surface area (Å²) in [4.78, 5) is -0.00778. The van der Waals surface area contributed by atoms with Crippen LogP contribution in [0, 0.1) is 11.7 Å². The molecule has 2 aromatic carbocycles. The zero-order valence-corrected chi connectivity index (χ0v) is 18.5. The molecule has 0 aromatic heterocycles. The number of benzene rings is 2. The maximum atomic E-state index is 13.6. The molecule has 0 amide bonds. The van der Waals surface area contributed by atoms with Gasteiger partial charge in [-0.15, -0.1) is 0 Å². The van der Waals surface area contributed by atoms with Gasteiger partial charge in [-0.25, -0.2) is 30.7 Å². The molecule has 1 fully saturated rings. The van der Waals surface area contributed by atoms with Crippen LogP contribution < -0.4 is 9.44 Å². The Hall–Kier alpha value is -1.81. The Kier molecular flexibility index (Phi) is 7.28. The SMILES string of the molecule is CC1CCCCC1NS(=O)(=O)c1ccc(S(=O)(=O)NCCc2ccccc2F)cc1. The van der Waals surface area contributed by atoms with Gasteiger partial charge in [-0.2, -0.15) is 0 Å². The van der Waals surface area contributed by atoms with E-state index in [4.69, 9.17) is 0 Å². The van der Waals surface area contributed by atoms with E-state index in [2.05, 4.69) is 9.44 Å². The van der Waals surface area contributed by atoms with Crippen LogP contribution in [0.2, 0.25) is 0 Å². The molecule has 0 spiro atoms. The average Bonchev–Trinajstić information content (AvgIpc) is 2.71. The van der Waals surface area contributed by atoms with Crippen molar-refractivity contribution in [3.63, 3.8) is 0 Å². The van der Waals surface area contributed by atoms with E-state index in [1.54, 1.807) is 18.2 Å². The number of nitrogens with one attached hydrogen (secondary N) is 2. The van der Waals surface area contributed by atoms with E-state index in [9.17, 15) is 21.2 Å². The van der Waals surface area contributed by atoms with Gasteiger partial charge in [0.2, 0.25) is 20.0 Å². The Morgan fingerprint density at radius 1 is 0.900 bits per heavy atom. The third-order valence-corrected chi connectivity index (χ3v) is 8.49. The van der Waals surface area contributed by atoms with Crippen molar-refractivity contribution in [1.29, 1.82) is 0 Å². The summed E-state index contributed by atoms with van der Waals surface area (Å²) in [6.45, 7) is 2.07. The summed E-state index contributed by atoms with van der Waals surface area (Å²) in [5.41, 5.74) is 0.421. The van der Waals surface area contributed by atoms with Gasteiger partial charge in [0.05, 0.1) is 9.79 Å². The molecule has 6 nitrogen and oxygen atoms in total. The molecule has 0 bridgehead atoms. The van der Waals surface area contributed by atoms with Crippen molar-refractivity contribution in [3.8, 4) is 0 Å². The Labute approximate surface area is 178 Å². The molecule has 3 rings (SSSR count). The van der Waals surface area contributed by atoms with Crippen LogP contribution in [-0.2, 0) is 26.5 Å². The van der Waals surface area contributed by atoms with Gasteiger partial charge in [0, 0.05) is 12.6 Å². The van der Waals surface area contributed by atoms with Crippen LogP contribution in [0.5, 0.6) is 0 Å². The quantitative estimate of drug-likeness (QED) is 0.641. The molecule has 2 atom stereocenters. The third kappa shape index (κ3) is 5.66. The monoisotopic (exact) mass is 454 g/mol. The van der Waals surface area contributed by atoms with E-state index in [0.29, 0.717) is 5.56 Å². The summed E-state index contributed by atoms with van der Waals surface area (Å²) in [5, 5.41) is 0. The Morgan fingerprint density at radius 2 is 1.50 bits per heavy atom. The second-order valence-corrected chi connectivity index (χ2v) is 11.2. The highest BCUT2D eigenvalue weighted by Crippen LogP contribution is 2.25. The summed E-state index contributed by atoms with van der Waals surface area (Å²) in [7, 11) is -7.55. The first kappa shape index (κ1) is 22.9. The van der Waals surface area contributed by atoms with Crippen molar-refractivity contribution < 1.29 is 21.2 Å². The van der Waals surface area contributed by atoms with Crippen LogP contribution in [0.4, 0.5) is 4.39 Å². The molecular formula is C21H27FN2O4S2. The molecule has 0 heterocycles. The molecule has 1 saturated carbocycles. The van der Waals surface area contributed by atoms with Crippen molar-refractivity contribution in [2.24, 2.45) is 5.92 Å². The van der Waals surface area contributed by atoms with E-state index in [0.717, 1.165) is 25.7 Å². The Balaban J connectivity index is 1.64. The molecule has 0 saturated heterocycles. The summed E-state index contributed by atoms with van der Waals surface area (Å²) in [6, 6.07) is 11.2. The molecule has 2 N–H and O–H groups in total. The maximum absolute atomic E-state index is 13.6. The number of sulfonamides is 2. The minimum absolute atomic E-state index is 0.0322. The second kappa shape index (κ2) is 9.55. The molecule has 2 aromatic rings. The van der Waals surface area contributed by atoms with Gasteiger partial charge < -0.3 is 0 Å². The minimum atomic E-state index is -3.83. The van der Waals surface area contributed by atoms with E-state index < -0.39 is 20.0 Å². The maximum Gasteiger partial charge on any atom is 0.240 e. The highest BCUT2D eigenvalue weighted by molar-refractivity contribution is 7.90. The number of halogens is 1. The fourth-order valence-corrected chi connectivity index (χ4v) is 6.07. The number of rotatable bonds is 8. The van der Waals surface area contributed by atoms with Crippen molar-refractivity contribution in [2.45, 2.75) is 54.9 Å². The first-order valence-corrected chi connectivity index (χ1v) is 13.0. The first-order chi connectivity index (χ1) is 14.2. The van der Waals surface area contributed by atoms with E-state index >= 15 is 0 Å². The van der Waals surface area contributed by atoms with Crippen LogP contribution >= 0.6 is 0 Å². The first-order valence-electron chi connectivity index (χ1n) is 10.0. The van der Waals surface area contributed by atoms with Crippen molar-refractivity contribution in [1.82, 2.24) is 9.44 Å². The van der Waals surface area contributed by atoms with Gasteiger partial charge in [0.25, 0.3) is 0 Å². The van der Waals surface area contributed by atoms with Crippen molar-refractivity contribution >= 4 is 20.0 Å². The lowest BCUT2D eigenvalue weighted by atomic mass is 9.87. The van der Waals surface area contributed by atoms with Gasteiger partial charge >= 0.3 is 0 Å². The molecular weight excluding hydrogens is 427 g/mol. The van der Waals surface area contributed by atoms with E-state index in [1.807, 2.05) is 6.92 Å². The summed E-state index contributed by atoms with van der Waals surface area (Å²) >= 11 is 0. The lowest BCUT2D eigenvalue weighted by molar-refractivity contribution is 0.310. The fraction of sp³-hybridized carbons (Fsp3) is 0.429. The topological polar surface area (TPSA) is 92.3 Å². The highest BCUT2D eigenvalue weighted by Gasteiger charge is 2.27. The smallest absolute Gasteiger partial charge is 0.211 e. The van der Waals surface area contributed by atoms with Crippen LogP contribution in [0.25, 0.3) is 0 Å². The van der Waals surface area contributed by atoms with Crippen LogP contribution in [0.3, 0.4) is 0 Å². The number of hydrogen-bond acceptors (Lipinski definition) is 4. The minimum Gasteiger partial charge on any atom is -0.211 e.